The number of carbonyl (C=O) groups excluding carboxylic acids is 1. The fourth-order valence-electron chi connectivity index (χ4n) is 4.99. The zero-order valence-corrected chi connectivity index (χ0v) is 20.6. The number of likely N-dealkylation sites (tertiary alicyclic amines) is 1. The smallest absolute Gasteiger partial charge is 0.255 e. The number of hydrogen-bond donors (Lipinski definition) is 1. The molecular weight excluding hydrogens is 433 g/mol. The highest BCUT2D eigenvalue weighted by molar-refractivity contribution is 5.88. The number of hydrogen-bond acceptors (Lipinski definition) is 5. The van der Waals surface area contributed by atoms with Crippen molar-refractivity contribution in [1.82, 2.24) is 15.1 Å². The maximum absolute atomic E-state index is 13.8. The van der Waals surface area contributed by atoms with Crippen LogP contribution in [-0.4, -0.2) is 81.0 Å². The van der Waals surface area contributed by atoms with Crippen LogP contribution < -0.4 is 5.32 Å². The Morgan fingerprint density at radius 1 is 1.18 bits per heavy atom. The van der Waals surface area contributed by atoms with E-state index in [1.807, 2.05) is 42.1 Å². The maximum Gasteiger partial charge on any atom is 0.255 e. The first kappa shape index (κ1) is 24.8. The molecule has 1 aliphatic carbocycles. The minimum Gasteiger partial charge on any atom is -0.368 e. The molecule has 1 saturated carbocycles. The van der Waals surface area contributed by atoms with Gasteiger partial charge in [-0.25, -0.2) is 4.39 Å². The molecule has 3 atom stereocenters. The highest BCUT2D eigenvalue weighted by Gasteiger charge is 2.55. The summed E-state index contributed by atoms with van der Waals surface area (Å²) >= 11 is 0. The van der Waals surface area contributed by atoms with Crippen LogP contribution in [0.15, 0.2) is 48.5 Å². The SMILES string of the molecule is COC(CN[C@H]1CCN(C(=O)C2(OC)CC2)[C@H]1Cc1cccc(-c2cccc(F)c2)c1)N(C)C. The Labute approximate surface area is 202 Å². The summed E-state index contributed by atoms with van der Waals surface area (Å²) in [5.41, 5.74) is 2.30. The average Bonchev–Trinajstić information content (AvgIpc) is 3.55. The third-order valence-corrected chi connectivity index (χ3v) is 7.22. The van der Waals surface area contributed by atoms with Crippen molar-refractivity contribution in [2.45, 2.75) is 49.6 Å². The van der Waals surface area contributed by atoms with Crippen molar-refractivity contribution in [2.24, 2.45) is 0 Å². The number of nitrogens with zero attached hydrogens (tertiary/aromatic N) is 2. The molecule has 1 N–H and O–H groups in total. The summed E-state index contributed by atoms with van der Waals surface area (Å²) < 4.78 is 25.0. The molecule has 184 valence electrons. The van der Waals surface area contributed by atoms with Crippen molar-refractivity contribution in [1.29, 1.82) is 0 Å². The number of benzene rings is 2. The molecule has 1 heterocycles. The largest absolute Gasteiger partial charge is 0.368 e. The van der Waals surface area contributed by atoms with Crippen molar-refractivity contribution in [2.75, 3.05) is 41.4 Å². The van der Waals surface area contributed by atoms with Gasteiger partial charge in [-0.1, -0.05) is 36.4 Å². The second-order valence-electron chi connectivity index (χ2n) is 9.64. The number of nitrogens with one attached hydrogen (secondary N) is 1. The van der Waals surface area contributed by atoms with Crippen LogP contribution in [0.25, 0.3) is 11.1 Å². The Morgan fingerprint density at radius 2 is 1.88 bits per heavy atom. The van der Waals surface area contributed by atoms with Gasteiger partial charge >= 0.3 is 0 Å². The highest BCUT2D eigenvalue weighted by Crippen LogP contribution is 2.42. The second kappa shape index (κ2) is 10.5. The van der Waals surface area contributed by atoms with E-state index in [2.05, 4.69) is 17.4 Å². The van der Waals surface area contributed by atoms with Gasteiger partial charge in [-0.05, 0) is 68.6 Å². The van der Waals surface area contributed by atoms with E-state index in [1.54, 1.807) is 26.4 Å². The fraction of sp³-hybridized carbons (Fsp3) is 0.519. The van der Waals surface area contributed by atoms with Crippen LogP contribution in [0, 0.1) is 5.82 Å². The minimum atomic E-state index is -0.644. The number of methoxy groups -OCH3 is 2. The quantitative estimate of drug-likeness (QED) is 0.541. The highest BCUT2D eigenvalue weighted by atomic mass is 19.1. The van der Waals surface area contributed by atoms with Gasteiger partial charge in [0, 0.05) is 33.4 Å². The number of ether oxygens (including phenoxy) is 2. The first-order valence-electron chi connectivity index (χ1n) is 12.0. The van der Waals surface area contributed by atoms with Gasteiger partial charge in [-0.2, -0.15) is 0 Å². The summed E-state index contributed by atoms with van der Waals surface area (Å²) in [6.45, 7) is 1.38. The van der Waals surface area contributed by atoms with E-state index in [1.165, 1.54) is 6.07 Å². The van der Waals surface area contributed by atoms with Crippen molar-refractivity contribution >= 4 is 5.91 Å². The lowest BCUT2D eigenvalue weighted by molar-refractivity contribution is -0.145. The molecule has 0 bridgehead atoms. The van der Waals surface area contributed by atoms with Crippen LogP contribution in [0.1, 0.15) is 24.8 Å². The van der Waals surface area contributed by atoms with Gasteiger partial charge in [0.15, 0.2) is 0 Å². The third kappa shape index (κ3) is 5.33. The number of amides is 1. The predicted octanol–water partition coefficient (Wildman–Crippen LogP) is 3.31. The number of carbonyl (C=O) groups is 1. The lowest BCUT2D eigenvalue weighted by Crippen LogP contribution is -2.52. The molecule has 1 aliphatic heterocycles. The molecule has 4 rings (SSSR count). The Balaban J connectivity index is 1.56. The van der Waals surface area contributed by atoms with Gasteiger partial charge < -0.3 is 19.7 Å². The Bertz CT molecular complexity index is 995. The molecule has 0 radical (unpaired) electrons. The number of rotatable bonds is 10. The summed E-state index contributed by atoms with van der Waals surface area (Å²) in [7, 11) is 7.33. The maximum atomic E-state index is 13.8. The van der Waals surface area contributed by atoms with Crippen LogP contribution in [0.2, 0.25) is 0 Å². The van der Waals surface area contributed by atoms with Gasteiger partial charge in [0.1, 0.15) is 17.6 Å². The predicted molar refractivity (Wildman–Crippen MR) is 131 cm³/mol. The summed E-state index contributed by atoms with van der Waals surface area (Å²) in [6, 6.07) is 15.0. The van der Waals surface area contributed by atoms with Crippen LogP contribution in [0.4, 0.5) is 4.39 Å². The summed E-state index contributed by atoms with van der Waals surface area (Å²) in [5.74, 6) is -0.149. The van der Waals surface area contributed by atoms with E-state index < -0.39 is 5.60 Å². The average molecular weight is 470 g/mol. The Kier molecular flexibility index (Phi) is 7.67. The molecule has 2 fully saturated rings. The fourth-order valence-corrected chi connectivity index (χ4v) is 4.99. The molecule has 2 aliphatic rings. The summed E-state index contributed by atoms with van der Waals surface area (Å²) in [6.07, 6.45) is 3.11. The Hall–Kier alpha value is -2.32. The Morgan fingerprint density at radius 3 is 2.50 bits per heavy atom. The standard InChI is InChI=1S/C27H36FN3O3/c1-30(2)25(33-3)18-29-23-11-14-31(26(32)27(34-4)12-13-27)24(23)16-19-7-5-8-20(15-19)21-9-6-10-22(28)17-21/h5-10,15,17,23-25,29H,11-14,16,18H2,1-4H3/t23-,24-,25?/m0/s1. The van der Waals surface area contributed by atoms with E-state index in [0.717, 1.165) is 36.0 Å². The van der Waals surface area contributed by atoms with Gasteiger partial charge in [-0.3, -0.25) is 9.69 Å². The molecule has 7 heteroatoms. The van der Waals surface area contributed by atoms with Gasteiger partial charge in [0.25, 0.3) is 5.91 Å². The number of halogens is 1. The summed E-state index contributed by atoms with van der Waals surface area (Å²) in [5, 5.41) is 3.66. The van der Waals surface area contributed by atoms with Crippen LogP contribution in [-0.2, 0) is 20.7 Å². The zero-order chi connectivity index (χ0) is 24.3. The van der Waals surface area contributed by atoms with Crippen molar-refractivity contribution in [3.8, 4) is 11.1 Å². The topological polar surface area (TPSA) is 54.0 Å². The van der Waals surface area contributed by atoms with Crippen LogP contribution in [0.5, 0.6) is 0 Å². The van der Waals surface area contributed by atoms with Crippen molar-refractivity contribution < 1.29 is 18.7 Å². The lowest BCUT2D eigenvalue weighted by atomic mass is 9.96. The lowest BCUT2D eigenvalue weighted by Gasteiger charge is -2.32. The van der Waals surface area contributed by atoms with E-state index in [4.69, 9.17) is 9.47 Å². The first-order valence-corrected chi connectivity index (χ1v) is 12.0. The molecule has 6 nitrogen and oxygen atoms in total. The molecule has 34 heavy (non-hydrogen) atoms. The third-order valence-electron chi connectivity index (χ3n) is 7.22. The molecule has 1 saturated heterocycles. The molecule has 2 aromatic rings. The van der Waals surface area contributed by atoms with E-state index in [9.17, 15) is 9.18 Å². The molecule has 2 aromatic carbocycles. The molecular formula is C27H36FN3O3. The van der Waals surface area contributed by atoms with Crippen LogP contribution in [0.3, 0.4) is 0 Å². The van der Waals surface area contributed by atoms with Crippen molar-refractivity contribution in [3.05, 3.63) is 59.9 Å². The van der Waals surface area contributed by atoms with Crippen molar-refractivity contribution in [3.63, 3.8) is 0 Å². The monoisotopic (exact) mass is 469 g/mol. The minimum absolute atomic E-state index is 0.00236. The van der Waals surface area contributed by atoms with E-state index >= 15 is 0 Å². The molecule has 1 unspecified atom stereocenters. The van der Waals surface area contributed by atoms with Gasteiger partial charge in [0.05, 0.1) is 6.04 Å². The van der Waals surface area contributed by atoms with Gasteiger partial charge in [0.2, 0.25) is 0 Å². The molecule has 1 amide bonds. The number of likely N-dealkylation sites (N-methyl/N-ethyl adjacent to an activating group) is 1. The summed E-state index contributed by atoms with van der Waals surface area (Å²) in [4.78, 5) is 17.5. The molecule has 0 spiro atoms. The van der Waals surface area contributed by atoms with E-state index in [-0.39, 0.29) is 30.0 Å². The molecule has 0 aromatic heterocycles. The zero-order valence-electron chi connectivity index (χ0n) is 20.6. The first-order chi connectivity index (χ1) is 16.4. The van der Waals surface area contributed by atoms with E-state index in [0.29, 0.717) is 19.5 Å². The normalized spacial score (nSPS) is 22.2. The second-order valence-corrected chi connectivity index (χ2v) is 9.64. The van der Waals surface area contributed by atoms with Crippen LogP contribution >= 0.6 is 0 Å². The van der Waals surface area contributed by atoms with Gasteiger partial charge in [-0.15, -0.1) is 0 Å².